The Balaban J connectivity index is 1.99. The number of rotatable bonds is 15. The van der Waals surface area contributed by atoms with Gasteiger partial charge in [0.15, 0.2) is 0 Å². The van der Waals surface area contributed by atoms with E-state index < -0.39 is 23.6 Å². The zero-order chi connectivity index (χ0) is 29.6. The van der Waals surface area contributed by atoms with Crippen molar-refractivity contribution in [2.75, 3.05) is 6.61 Å². The van der Waals surface area contributed by atoms with Crippen molar-refractivity contribution in [2.24, 2.45) is 21.7 Å². The minimum absolute atomic E-state index is 0.0609. The molecule has 2 aliphatic rings. The van der Waals surface area contributed by atoms with Crippen molar-refractivity contribution >= 4 is 5.97 Å². The summed E-state index contributed by atoms with van der Waals surface area (Å²) >= 11 is 0. The summed E-state index contributed by atoms with van der Waals surface area (Å²) in [5, 5.41) is 41.4. The second-order valence-electron chi connectivity index (χ2n) is 14.8. The maximum atomic E-state index is 11.4. The Bertz CT molecular complexity index is 974. The van der Waals surface area contributed by atoms with Crippen LogP contribution < -0.4 is 0 Å². The lowest BCUT2D eigenvalue weighted by molar-refractivity contribution is -0.147. The molecule has 0 heterocycles. The van der Waals surface area contributed by atoms with Gasteiger partial charge in [0.25, 0.3) is 0 Å². The van der Waals surface area contributed by atoms with Gasteiger partial charge < -0.3 is 20.4 Å². The molecule has 0 saturated carbocycles. The first-order valence-corrected chi connectivity index (χ1v) is 14.9. The molecule has 2 rings (SSSR count). The number of hydrogen-bond donors (Lipinski definition) is 4. The standard InChI is InChI=1S/C34H56O5/c1-31(2,23-35)17-11-9-13-24-19-32(3,4)21-26(28(24)36)15-16-27-22-33(5,6)20-25(29(27)37)14-10-12-18-34(7,8)30(38)39/h19-22,28-29,35-37H,9-18,23H2,1-8H3,(H,38,39). The summed E-state index contributed by atoms with van der Waals surface area (Å²) in [6.45, 7) is 16.6. The smallest absolute Gasteiger partial charge is 0.309 e. The van der Waals surface area contributed by atoms with Gasteiger partial charge in [-0.05, 0) is 92.9 Å². The van der Waals surface area contributed by atoms with E-state index in [-0.39, 0.29) is 22.9 Å². The van der Waals surface area contributed by atoms with Gasteiger partial charge in [-0.25, -0.2) is 0 Å². The summed E-state index contributed by atoms with van der Waals surface area (Å²) in [5.41, 5.74) is 3.09. The average molecular weight is 545 g/mol. The SMILES string of the molecule is CC1(C)C=C(CCCCC(C)(C)CO)C(O)C(CCC2=CC(C)(C)C=C(CCCCC(C)(C)C(=O)O)C2O)=C1. The van der Waals surface area contributed by atoms with Crippen LogP contribution in [0.2, 0.25) is 0 Å². The molecule has 0 spiro atoms. The number of hydrogen-bond acceptors (Lipinski definition) is 4. The molecule has 0 bridgehead atoms. The third-order valence-corrected chi connectivity index (χ3v) is 8.43. The van der Waals surface area contributed by atoms with Crippen LogP contribution in [0.15, 0.2) is 46.6 Å². The third-order valence-electron chi connectivity index (χ3n) is 8.43. The van der Waals surface area contributed by atoms with Gasteiger partial charge in [0.2, 0.25) is 0 Å². The van der Waals surface area contributed by atoms with Crippen molar-refractivity contribution in [2.45, 2.75) is 132 Å². The lowest BCUT2D eigenvalue weighted by Crippen LogP contribution is -2.26. The summed E-state index contributed by atoms with van der Waals surface area (Å²) in [7, 11) is 0. The van der Waals surface area contributed by atoms with Crippen molar-refractivity contribution in [1.82, 2.24) is 0 Å². The first-order valence-electron chi connectivity index (χ1n) is 14.9. The lowest BCUT2D eigenvalue weighted by atomic mass is 9.75. The van der Waals surface area contributed by atoms with Crippen LogP contribution in [0, 0.1) is 21.7 Å². The van der Waals surface area contributed by atoms with E-state index in [1.165, 1.54) is 0 Å². The van der Waals surface area contributed by atoms with Gasteiger partial charge in [-0.3, -0.25) is 4.79 Å². The summed E-state index contributed by atoms with van der Waals surface area (Å²) in [6.07, 6.45) is 15.8. The molecule has 0 saturated heterocycles. The topological polar surface area (TPSA) is 98.0 Å². The largest absolute Gasteiger partial charge is 0.481 e. The minimum Gasteiger partial charge on any atom is -0.481 e. The Morgan fingerprint density at radius 1 is 0.692 bits per heavy atom. The Hall–Kier alpha value is -1.69. The molecule has 2 unspecified atom stereocenters. The van der Waals surface area contributed by atoms with Crippen molar-refractivity contribution in [1.29, 1.82) is 0 Å². The van der Waals surface area contributed by atoms with Crippen molar-refractivity contribution in [3.8, 4) is 0 Å². The van der Waals surface area contributed by atoms with E-state index >= 15 is 0 Å². The zero-order valence-corrected chi connectivity index (χ0v) is 25.9. The van der Waals surface area contributed by atoms with Gasteiger partial charge in [-0.15, -0.1) is 0 Å². The number of carboxylic acids is 1. The molecule has 0 aromatic heterocycles. The van der Waals surface area contributed by atoms with Crippen molar-refractivity contribution in [3.63, 3.8) is 0 Å². The molecule has 2 aliphatic carbocycles. The van der Waals surface area contributed by atoms with E-state index in [9.17, 15) is 25.2 Å². The normalized spacial score (nSPS) is 23.1. The van der Waals surface area contributed by atoms with Crippen LogP contribution in [-0.2, 0) is 4.79 Å². The quantitative estimate of drug-likeness (QED) is 0.126. The number of aliphatic hydroxyl groups excluding tert-OH is 3. The third kappa shape index (κ3) is 10.3. The van der Waals surface area contributed by atoms with Gasteiger partial charge >= 0.3 is 5.97 Å². The van der Waals surface area contributed by atoms with E-state index in [1.54, 1.807) is 13.8 Å². The number of allylic oxidation sites excluding steroid dienone is 4. The highest BCUT2D eigenvalue weighted by molar-refractivity contribution is 5.73. The maximum absolute atomic E-state index is 11.4. The summed E-state index contributed by atoms with van der Waals surface area (Å²) in [4.78, 5) is 11.4. The molecule has 4 N–H and O–H groups in total. The molecule has 2 atom stereocenters. The van der Waals surface area contributed by atoms with Crippen LogP contribution in [0.4, 0.5) is 0 Å². The van der Waals surface area contributed by atoms with E-state index in [0.717, 1.165) is 67.2 Å². The predicted octanol–water partition coefficient (Wildman–Crippen LogP) is 7.52. The Morgan fingerprint density at radius 3 is 1.41 bits per heavy atom. The molecule has 222 valence electrons. The molecule has 5 heteroatoms. The van der Waals surface area contributed by atoms with Crippen LogP contribution >= 0.6 is 0 Å². The van der Waals surface area contributed by atoms with Gasteiger partial charge in [0.1, 0.15) is 0 Å². The molecule has 5 nitrogen and oxygen atoms in total. The molecule has 39 heavy (non-hydrogen) atoms. The van der Waals surface area contributed by atoms with E-state index in [0.29, 0.717) is 19.3 Å². The van der Waals surface area contributed by atoms with Gasteiger partial charge in [-0.2, -0.15) is 0 Å². The Morgan fingerprint density at radius 2 is 1.05 bits per heavy atom. The molecule has 0 radical (unpaired) electrons. The molecule has 0 aliphatic heterocycles. The van der Waals surface area contributed by atoms with Crippen molar-refractivity contribution < 1.29 is 25.2 Å². The molecular weight excluding hydrogens is 488 g/mol. The Labute approximate surface area is 237 Å². The number of aliphatic carboxylic acids is 1. The fraction of sp³-hybridized carbons (Fsp3) is 0.735. The van der Waals surface area contributed by atoms with E-state index in [4.69, 9.17) is 0 Å². The van der Waals surface area contributed by atoms with E-state index in [1.807, 2.05) is 0 Å². The van der Waals surface area contributed by atoms with Gasteiger partial charge in [-0.1, -0.05) is 78.7 Å². The highest BCUT2D eigenvalue weighted by Gasteiger charge is 2.31. The second kappa shape index (κ2) is 13.3. The number of carboxylic acid groups (broad SMARTS) is 1. The highest BCUT2D eigenvalue weighted by Crippen LogP contribution is 2.40. The average Bonchev–Trinajstić information content (AvgIpc) is 2.82. The fourth-order valence-electron chi connectivity index (χ4n) is 5.93. The van der Waals surface area contributed by atoms with Crippen LogP contribution in [-0.4, -0.2) is 45.2 Å². The van der Waals surface area contributed by atoms with Gasteiger partial charge in [0, 0.05) is 17.4 Å². The number of carbonyl (C=O) groups is 1. The number of unbranched alkanes of at least 4 members (excludes halogenated alkanes) is 2. The van der Waals surface area contributed by atoms with Gasteiger partial charge in [0.05, 0.1) is 17.6 Å². The maximum Gasteiger partial charge on any atom is 0.309 e. The minimum atomic E-state index is -0.767. The molecule has 0 aromatic carbocycles. The van der Waals surface area contributed by atoms with Crippen molar-refractivity contribution in [3.05, 3.63) is 46.6 Å². The second-order valence-corrected chi connectivity index (χ2v) is 14.8. The molecule has 0 aromatic rings. The van der Waals surface area contributed by atoms with Crippen LogP contribution in [0.5, 0.6) is 0 Å². The summed E-state index contributed by atoms with van der Waals surface area (Å²) in [6, 6.07) is 0. The van der Waals surface area contributed by atoms with Crippen LogP contribution in [0.25, 0.3) is 0 Å². The first-order chi connectivity index (χ1) is 17.9. The molecular formula is C34H56O5. The Kier molecular flexibility index (Phi) is 11.4. The van der Waals surface area contributed by atoms with Crippen LogP contribution in [0.3, 0.4) is 0 Å². The fourth-order valence-corrected chi connectivity index (χ4v) is 5.93. The van der Waals surface area contributed by atoms with Crippen LogP contribution in [0.1, 0.15) is 120 Å². The predicted molar refractivity (Wildman–Crippen MR) is 160 cm³/mol. The molecule has 0 fully saturated rings. The summed E-state index contributed by atoms with van der Waals surface area (Å²) < 4.78 is 0. The van der Waals surface area contributed by atoms with E-state index in [2.05, 4.69) is 65.8 Å². The summed E-state index contributed by atoms with van der Waals surface area (Å²) in [5.74, 6) is -0.767. The number of aliphatic hydroxyl groups is 3. The lowest BCUT2D eigenvalue weighted by Gasteiger charge is -2.33. The monoisotopic (exact) mass is 544 g/mol. The zero-order valence-electron chi connectivity index (χ0n) is 25.9. The molecule has 0 amide bonds. The highest BCUT2D eigenvalue weighted by atomic mass is 16.4. The first kappa shape index (κ1) is 33.5.